The topological polar surface area (TPSA) is 12.0 Å². The largest absolute Gasteiger partial charge is 0.380 e. The zero-order chi connectivity index (χ0) is 8.77. The first kappa shape index (κ1) is 7.59. The van der Waals surface area contributed by atoms with Crippen LogP contribution in [0.25, 0.3) is 0 Å². The van der Waals surface area contributed by atoms with E-state index >= 15 is 0 Å². The van der Waals surface area contributed by atoms with Gasteiger partial charge in [-0.2, -0.15) is 0 Å². The predicted molar refractivity (Wildman–Crippen MR) is 47.8 cm³/mol. The number of benzene rings is 1. The average Bonchev–Trinajstić information content (AvgIpc) is 2.25. The Morgan fingerprint density at radius 1 is 1.42 bits per heavy atom. The monoisotopic (exact) mass is 165 g/mol. The number of rotatable bonds is 0. The molecule has 1 aromatic carbocycles. The van der Waals surface area contributed by atoms with E-state index in [4.69, 9.17) is 0 Å². The van der Waals surface area contributed by atoms with Crippen molar-refractivity contribution in [2.75, 3.05) is 5.32 Å². The Morgan fingerprint density at radius 3 is 2.83 bits per heavy atom. The van der Waals surface area contributed by atoms with Crippen molar-refractivity contribution in [1.82, 2.24) is 0 Å². The third-order valence-corrected chi connectivity index (χ3v) is 2.21. The minimum Gasteiger partial charge on any atom is -0.380 e. The molecule has 1 N–H and O–H groups in total. The SMILES string of the molecule is CC1(C)Cc2c(F)cccc2N1. The second-order valence-corrected chi connectivity index (χ2v) is 3.95. The molecule has 64 valence electrons. The molecule has 0 amide bonds. The molecule has 0 unspecified atom stereocenters. The molecular formula is C10H12FN. The molecule has 0 fully saturated rings. The quantitative estimate of drug-likeness (QED) is 0.623. The molecule has 2 rings (SSSR count). The van der Waals surface area contributed by atoms with Gasteiger partial charge < -0.3 is 5.32 Å². The van der Waals surface area contributed by atoms with E-state index in [1.165, 1.54) is 6.07 Å². The summed E-state index contributed by atoms with van der Waals surface area (Å²) in [6.45, 7) is 4.15. The first-order valence-corrected chi connectivity index (χ1v) is 4.14. The first-order valence-electron chi connectivity index (χ1n) is 4.14. The third kappa shape index (κ3) is 1.07. The zero-order valence-corrected chi connectivity index (χ0v) is 7.32. The summed E-state index contributed by atoms with van der Waals surface area (Å²) in [6, 6.07) is 5.18. The Balaban J connectivity index is 2.48. The molecule has 0 radical (unpaired) electrons. The normalized spacial score (nSPS) is 18.6. The van der Waals surface area contributed by atoms with E-state index in [1.807, 2.05) is 6.07 Å². The van der Waals surface area contributed by atoms with E-state index in [-0.39, 0.29) is 11.4 Å². The highest BCUT2D eigenvalue weighted by Crippen LogP contribution is 2.33. The second kappa shape index (κ2) is 2.22. The smallest absolute Gasteiger partial charge is 0.128 e. The van der Waals surface area contributed by atoms with Crippen LogP contribution in [0.3, 0.4) is 0 Å². The van der Waals surface area contributed by atoms with Crippen molar-refractivity contribution in [3.63, 3.8) is 0 Å². The van der Waals surface area contributed by atoms with Gasteiger partial charge in [0.25, 0.3) is 0 Å². The molecule has 1 heterocycles. The van der Waals surface area contributed by atoms with Crippen molar-refractivity contribution in [2.24, 2.45) is 0 Å². The van der Waals surface area contributed by atoms with Gasteiger partial charge in [0, 0.05) is 16.8 Å². The van der Waals surface area contributed by atoms with Crippen molar-refractivity contribution in [2.45, 2.75) is 25.8 Å². The lowest BCUT2D eigenvalue weighted by Crippen LogP contribution is -2.27. The van der Waals surface area contributed by atoms with Crippen molar-refractivity contribution in [3.05, 3.63) is 29.6 Å². The molecule has 1 aliphatic heterocycles. The van der Waals surface area contributed by atoms with Gasteiger partial charge in [-0.05, 0) is 32.4 Å². The molecular weight excluding hydrogens is 153 g/mol. The summed E-state index contributed by atoms with van der Waals surface area (Å²) >= 11 is 0. The highest BCUT2D eigenvalue weighted by atomic mass is 19.1. The molecule has 0 spiro atoms. The first-order chi connectivity index (χ1) is 5.58. The summed E-state index contributed by atoms with van der Waals surface area (Å²) in [7, 11) is 0. The lowest BCUT2D eigenvalue weighted by Gasteiger charge is -2.17. The van der Waals surface area contributed by atoms with Gasteiger partial charge in [-0.25, -0.2) is 4.39 Å². The van der Waals surface area contributed by atoms with Crippen LogP contribution in [0.4, 0.5) is 10.1 Å². The number of anilines is 1. The summed E-state index contributed by atoms with van der Waals surface area (Å²) in [4.78, 5) is 0. The highest BCUT2D eigenvalue weighted by Gasteiger charge is 2.28. The second-order valence-electron chi connectivity index (χ2n) is 3.95. The van der Waals surface area contributed by atoms with Gasteiger partial charge in [0.15, 0.2) is 0 Å². The van der Waals surface area contributed by atoms with Crippen LogP contribution in [0.1, 0.15) is 19.4 Å². The number of hydrogen-bond donors (Lipinski definition) is 1. The van der Waals surface area contributed by atoms with Crippen LogP contribution in [0.2, 0.25) is 0 Å². The fourth-order valence-corrected chi connectivity index (χ4v) is 1.71. The fraction of sp³-hybridized carbons (Fsp3) is 0.400. The van der Waals surface area contributed by atoms with Crippen LogP contribution in [0.5, 0.6) is 0 Å². The number of nitrogens with one attached hydrogen (secondary N) is 1. The maximum atomic E-state index is 13.2. The minimum atomic E-state index is -0.0921. The maximum Gasteiger partial charge on any atom is 0.128 e. The van der Waals surface area contributed by atoms with Crippen LogP contribution in [-0.4, -0.2) is 5.54 Å². The molecule has 2 heteroatoms. The van der Waals surface area contributed by atoms with E-state index in [1.54, 1.807) is 6.07 Å². The van der Waals surface area contributed by atoms with Crippen molar-refractivity contribution in [3.8, 4) is 0 Å². The molecule has 0 atom stereocenters. The van der Waals surface area contributed by atoms with Crippen LogP contribution in [0, 0.1) is 5.82 Å². The van der Waals surface area contributed by atoms with E-state index < -0.39 is 0 Å². The van der Waals surface area contributed by atoms with E-state index in [2.05, 4.69) is 19.2 Å². The average molecular weight is 165 g/mol. The molecule has 0 saturated carbocycles. The Morgan fingerprint density at radius 2 is 2.17 bits per heavy atom. The number of hydrogen-bond acceptors (Lipinski definition) is 1. The summed E-state index contributed by atoms with van der Waals surface area (Å²) in [6.07, 6.45) is 0.773. The Kier molecular flexibility index (Phi) is 1.40. The van der Waals surface area contributed by atoms with Crippen LogP contribution < -0.4 is 5.32 Å². The summed E-state index contributed by atoms with van der Waals surface area (Å²) in [5.41, 5.74) is 1.77. The molecule has 0 bridgehead atoms. The van der Waals surface area contributed by atoms with Gasteiger partial charge in [0.05, 0.1) is 0 Å². The predicted octanol–water partition coefficient (Wildman–Crippen LogP) is 2.57. The molecule has 0 aliphatic carbocycles. The van der Waals surface area contributed by atoms with Crippen LogP contribution >= 0.6 is 0 Å². The van der Waals surface area contributed by atoms with Crippen LogP contribution in [0.15, 0.2) is 18.2 Å². The number of fused-ring (bicyclic) bond motifs is 1. The summed E-state index contributed by atoms with van der Waals surface area (Å²) < 4.78 is 13.2. The fourth-order valence-electron chi connectivity index (χ4n) is 1.71. The van der Waals surface area contributed by atoms with Gasteiger partial charge in [-0.15, -0.1) is 0 Å². The van der Waals surface area contributed by atoms with Crippen molar-refractivity contribution < 1.29 is 4.39 Å². The van der Waals surface area contributed by atoms with Gasteiger partial charge >= 0.3 is 0 Å². The molecule has 12 heavy (non-hydrogen) atoms. The van der Waals surface area contributed by atoms with E-state index in [9.17, 15) is 4.39 Å². The third-order valence-electron chi connectivity index (χ3n) is 2.21. The molecule has 1 nitrogen and oxygen atoms in total. The van der Waals surface area contributed by atoms with Crippen LogP contribution in [-0.2, 0) is 6.42 Å². The Bertz CT molecular complexity index is 318. The minimum absolute atomic E-state index is 0.00449. The lowest BCUT2D eigenvalue weighted by molar-refractivity contribution is 0.563. The summed E-state index contributed by atoms with van der Waals surface area (Å²) in [5.74, 6) is -0.0921. The standard InChI is InChI=1S/C10H12FN/c1-10(2)6-7-8(11)4-3-5-9(7)12-10/h3-5,12H,6H2,1-2H3. The van der Waals surface area contributed by atoms with Gasteiger partial charge in [-0.3, -0.25) is 0 Å². The lowest BCUT2D eigenvalue weighted by atomic mass is 10.0. The highest BCUT2D eigenvalue weighted by molar-refractivity contribution is 5.58. The van der Waals surface area contributed by atoms with Crippen molar-refractivity contribution >= 4 is 5.69 Å². The van der Waals surface area contributed by atoms with Gasteiger partial charge in [-0.1, -0.05) is 6.07 Å². The zero-order valence-electron chi connectivity index (χ0n) is 7.32. The van der Waals surface area contributed by atoms with E-state index in [0.29, 0.717) is 0 Å². The number of halogens is 1. The Hall–Kier alpha value is -1.05. The molecule has 1 aliphatic rings. The van der Waals surface area contributed by atoms with Gasteiger partial charge in [0.1, 0.15) is 5.82 Å². The van der Waals surface area contributed by atoms with Gasteiger partial charge in [0.2, 0.25) is 0 Å². The maximum absolute atomic E-state index is 13.2. The van der Waals surface area contributed by atoms with E-state index in [0.717, 1.165) is 17.7 Å². The molecule has 1 aromatic rings. The Labute approximate surface area is 71.6 Å². The molecule has 0 saturated heterocycles. The van der Waals surface area contributed by atoms with Crippen molar-refractivity contribution in [1.29, 1.82) is 0 Å². The molecule has 0 aromatic heterocycles. The summed E-state index contributed by atoms with van der Waals surface area (Å²) in [5, 5.41) is 3.27.